The van der Waals surface area contributed by atoms with Gasteiger partial charge in [0.15, 0.2) is 5.71 Å². The number of hydrazone groups is 1. The number of fused-ring (bicyclic) bond motifs is 3. The normalized spacial score (nSPS) is 22.2. The molecule has 1 aromatic carbocycles. The van der Waals surface area contributed by atoms with Crippen molar-refractivity contribution in [2.24, 2.45) is 26.9 Å². The number of allylic oxidation sites excluding steroid dienone is 4. The molecule has 7 nitrogen and oxygen atoms in total. The Balaban J connectivity index is 1.47. The van der Waals surface area contributed by atoms with Crippen molar-refractivity contribution in [3.63, 3.8) is 0 Å². The van der Waals surface area contributed by atoms with E-state index in [9.17, 15) is 9.59 Å². The summed E-state index contributed by atoms with van der Waals surface area (Å²) in [7, 11) is 1.56. The van der Waals surface area contributed by atoms with Crippen LogP contribution in [0.3, 0.4) is 0 Å². The number of carbonyl (C=O) groups is 2. The van der Waals surface area contributed by atoms with Gasteiger partial charge in [-0.15, -0.1) is 5.01 Å². The SMILES string of the molecule is COc1ccc2c(c1)C1=NC(=O)N(N=C[C@@H]3CC=C(CCC=C(C)C)C[C@@H]3C)C(=O)C1=N2. The molecule has 1 aromatic rings. The molecule has 32 heavy (non-hydrogen) atoms. The molecule has 0 bridgehead atoms. The minimum absolute atomic E-state index is 0.142. The topological polar surface area (TPSA) is 83.7 Å². The fourth-order valence-corrected chi connectivity index (χ4v) is 4.22. The van der Waals surface area contributed by atoms with Crippen LogP contribution in [0.25, 0.3) is 0 Å². The van der Waals surface area contributed by atoms with Crippen LogP contribution in [0, 0.1) is 11.8 Å². The smallest absolute Gasteiger partial charge is 0.372 e. The third-order valence-corrected chi connectivity index (χ3v) is 6.08. The summed E-state index contributed by atoms with van der Waals surface area (Å²) >= 11 is 0. The third kappa shape index (κ3) is 4.33. The van der Waals surface area contributed by atoms with Crippen LogP contribution in [0.1, 0.15) is 52.0 Å². The summed E-state index contributed by atoms with van der Waals surface area (Å²) in [4.78, 5) is 34.0. The molecular weight excluding hydrogens is 404 g/mol. The van der Waals surface area contributed by atoms with Gasteiger partial charge in [-0.2, -0.15) is 10.1 Å². The summed E-state index contributed by atoms with van der Waals surface area (Å²) in [5.74, 6) is 0.621. The molecule has 0 aromatic heterocycles. The maximum Gasteiger partial charge on any atom is 0.372 e. The first-order valence-corrected chi connectivity index (χ1v) is 11.0. The van der Waals surface area contributed by atoms with Gasteiger partial charge in [0.05, 0.1) is 12.8 Å². The monoisotopic (exact) mass is 432 g/mol. The molecule has 3 amide bonds. The second kappa shape index (κ2) is 9.02. The molecule has 0 radical (unpaired) electrons. The summed E-state index contributed by atoms with van der Waals surface area (Å²) < 4.78 is 5.23. The van der Waals surface area contributed by atoms with Gasteiger partial charge in [0.1, 0.15) is 11.5 Å². The fraction of sp³-hybridized carbons (Fsp3) is 0.400. The minimum atomic E-state index is -0.697. The molecule has 0 unspecified atom stereocenters. The number of hydrogen-bond acceptors (Lipinski definition) is 5. The number of rotatable bonds is 6. The Morgan fingerprint density at radius 3 is 2.78 bits per heavy atom. The summed E-state index contributed by atoms with van der Waals surface area (Å²) in [6.07, 6.45) is 10.2. The van der Waals surface area contributed by atoms with Gasteiger partial charge < -0.3 is 4.74 Å². The number of ether oxygens (including phenoxy) is 1. The summed E-state index contributed by atoms with van der Waals surface area (Å²) in [6.45, 7) is 6.42. The molecule has 0 N–H and O–H groups in total. The van der Waals surface area contributed by atoms with E-state index in [1.807, 2.05) is 0 Å². The number of amides is 3. The lowest BCUT2D eigenvalue weighted by molar-refractivity contribution is -0.121. The highest BCUT2D eigenvalue weighted by Crippen LogP contribution is 2.33. The molecule has 4 rings (SSSR count). The molecule has 7 heteroatoms. The van der Waals surface area contributed by atoms with Crippen molar-refractivity contribution in [1.29, 1.82) is 0 Å². The van der Waals surface area contributed by atoms with E-state index in [1.165, 1.54) is 11.1 Å². The average Bonchev–Trinajstić information content (AvgIpc) is 3.12. The molecule has 3 aliphatic rings. The van der Waals surface area contributed by atoms with Gasteiger partial charge in [0.25, 0.3) is 0 Å². The lowest BCUT2D eigenvalue weighted by atomic mass is 9.80. The molecule has 166 valence electrons. The Morgan fingerprint density at radius 1 is 1.25 bits per heavy atom. The fourth-order valence-electron chi connectivity index (χ4n) is 4.22. The molecule has 0 saturated heterocycles. The number of urea groups is 1. The Hall–Kier alpha value is -3.35. The van der Waals surface area contributed by atoms with Crippen molar-refractivity contribution in [2.75, 3.05) is 7.11 Å². The van der Waals surface area contributed by atoms with Crippen molar-refractivity contribution in [2.45, 2.75) is 46.5 Å². The Morgan fingerprint density at radius 2 is 2.06 bits per heavy atom. The van der Waals surface area contributed by atoms with E-state index in [4.69, 9.17) is 4.74 Å². The van der Waals surface area contributed by atoms with Gasteiger partial charge in [-0.25, -0.2) is 9.79 Å². The van der Waals surface area contributed by atoms with Crippen LogP contribution in [-0.2, 0) is 4.79 Å². The Labute approximate surface area is 188 Å². The van der Waals surface area contributed by atoms with Crippen LogP contribution in [-0.4, -0.2) is 41.7 Å². The van der Waals surface area contributed by atoms with Crippen molar-refractivity contribution in [3.8, 4) is 5.75 Å². The standard InChI is InChI=1S/C25H28N4O3/c1-15(2)6-5-7-17-8-9-18(16(3)12-17)14-26-29-24(30)23-22(28-25(29)31)20-13-19(32-4)10-11-21(20)27-23/h6,8,10-11,13-14,16,18H,5,7,9,12H2,1-4H3/t16-,18-/m0/s1. The molecule has 0 fully saturated rings. The second-order valence-electron chi connectivity index (χ2n) is 8.73. The van der Waals surface area contributed by atoms with Crippen LogP contribution in [0.5, 0.6) is 5.75 Å². The average molecular weight is 433 g/mol. The van der Waals surface area contributed by atoms with Crippen LogP contribution in [0.4, 0.5) is 10.5 Å². The highest BCUT2D eigenvalue weighted by atomic mass is 16.5. The summed E-state index contributed by atoms with van der Waals surface area (Å²) in [5, 5.41) is 5.07. The van der Waals surface area contributed by atoms with Gasteiger partial charge >= 0.3 is 11.9 Å². The zero-order valence-corrected chi connectivity index (χ0v) is 19.0. The van der Waals surface area contributed by atoms with Gasteiger partial charge in [0.2, 0.25) is 0 Å². The van der Waals surface area contributed by atoms with Crippen molar-refractivity contribution < 1.29 is 14.3 Å². The minimum Gasteiger partial charge on any atom is -0.497 e. The predicted octanol–water partition coefficient (Wildman–Crippen LogP) is 5.24. The predicted molar refractivity (Wildman–Crippen MR) is 126 cm³/mol. The molecule has 2 heterocycles. The number of hydrogen-bond donors (Lipinski definition) is 0. The van der Waals surface area contributed by atoms with Crippen LogP contribution in [0.2, 0.25) is 0 Å². The lowest BCUT2D eigenvalue weighted by Crippen LogP contribution is -2.43. The van der Waals surface area contributed by atoms with Crippen molar-refractivity contribution in [3.05, 3.63) is 47.1 Å². The zero-order chi connectivity index (χ0) is 22.8. The molecule has 2 atom stereocenters. The first kappa shape index (κ1) is 21.9. The Kier molecular flexibility index (Phi) is 6.17. The number of benzene rings is 1. The highest BCUT2D eigenvalue weighted by Gasteiger charge is 2.39. The van der Waals surface area contributed by atoms with E-state index < -0.39 is 11.9 Å². The third-order valence-electron chi connectivity index (χ3n) is 6.08. The summed E-state index contributed by atoms with van der Waals surface area (Å²) in [6, 6.07) is 4.54. The Bertz CT molecular complexity index is 1110. The van der Waals surface area contributed by atoms with Gasteiger partial charge in [-0.05, 0) is 63.6 Å². The van der Waals surface area contributed by atoms with Gasteiger partial charge in [-0.3, -0.25) is 4.79 Å². The van der Waals surface area contributed by atoms with E-state index in [0.29, 0.717) is 22.9 Å². The maximum atomic E-state index is 13.0. The first-order chi connectivity index (χ1) is 15.4. The number of aliphatic imine (C=N–C) groups is 2. The molecule has 1 aliphatic carbocycles. The van der Waals surface area contributed by atoms with Gasteiger partial charge in [0, 0.05) is 17.7 Å². The number of methoxy groups -OCH3 is 1. The van der Waals surface area contributed by atoms with E-state index >= 15 is 0 Å². The quantitative estimate of drug-likeness (QED) is 0.455. The summed E-state index contributed by atoms with van der Waals surface area (Å²) in [5.41, 5.74) is 4.45. The molecular formula is C25H28N4O3. The number of carbonyl (C=O) groups excluding carboxylic acids is 2. The zero-order valence-electron chi connectivity index (χ0n) is 19.0. The molecule has 0 spiro atoms. The van der Waals surface area contributed by atoms with Crippen LogP contribution >= 0.6 is 0 Å². The van der Waals surface area contributed by atoms with Crippen LogP contribution < -0.4 is 4.74 Å². The van der Waals surface area contributed by atoms with Crippen molar-refractivity contribution in [1.82, 2.24) is 5.01 Å². The lowest BCUT2D eigenvalue weighted by Gasteiger charge is -2.26. The largest absolute Gasteiger partial charge is 0.497 e. The number of imide groups is 1. The van der Waals surface area contributed by atoms with Crippen LogP contribution in [0.15, 0.2) is 56.6 Å². The van der Waals surface area contributed by atoms with Crippen molar-refractivity contribution >= 4 is 35.3 Å². The maximum absolute atomic E-state index is 13.0. The highest BCUT2D eigenvalue weighted by molar-refractivity contribution is 6.74. The molecule has 2 aliphatic heterocycles. The second-order valence-corrected chi connectivity index (χ2v) is 8.73. The first-order valence-electron chi connectivity index (χ1n) is 11.0. The van der Waals surface area contributed by atoms with E-state index in [2.05, 4.69) is 48.0 Å². The van der Waals surface area contributed by atoms with E-state index in [1.54, 1.807) is 31.5 Å². The molecule has 0 saturated carbocycles. The van der Waals surface area contributed by atoms with E-state index in [-0.39, 0.29) is 17.3 Å². The number of nitrogens with zero attached hydrogens (tertiary/aromatic N) is 4. The van der Waals surface area contributed by atoms with Gasteiger partial charge in [-0.1, -0.05) is 30.2 Å². The van der Waals surface area contributed by atoms with E-state index in [0.717, 1.165) is 30.7 Å².